The number of rotatable bonds is 6. The van der Waals surface area contributed by atoms with Crippen LogP contribution in [0.15, 0.2) is 29.2 Å². The Morgan fingerprint density at radius 3 is 1.88 bits per heavy atom. The van der Waals surface area contributed by atoms with Gasteiger partial charge in [-0.1, -0.05) is 32.9 Å². The van der Waals surface area contributed by atoms with Crippen molar-refractivity contribution in [3.63, 3.8) is 0 Å². The molecule has 1 fully saturated rings. The van der Waals surface area contributed by atoms with Crippen LogP contribution in [-0.4, -0.2) is 57.4 Å². The first kappa shape index (κ1) is 19.4. The van der Waals surface area contributed by atoms with E-state index in [9.17, 15) is 16.8 Å². The fourth-order valence-electron chi connectivity index (χ4n) is 2.75. The van der Waals surface area contributed by atoms with Gasteiger partial charge in [0.1, 0.15) is 0 Å². The molecule has 0 saturated carbocycles. The van der Waals surface area contributed by atoms with Gasteiger partial charge in [-0.3, -0.25) is 0 Å². The standard InChI is InChI=1S/C16H26N2O4S2/c1-4-13-23(19,20)17-9-11-18(12-10-17)24(21,22)16-7-5-15(6-8-16)14(2)3/h5-8,14H,4,9-13H2,1-3H3. The molecule has 0 radical (unpaired) electrons. The van der Waals surface area contributed by atoms with E-state index in [-0.39, 0.29) is 36.8 Å². The largest absolute Gasteiger partial charge is 0.243 e. The highest BCUT2D eigenvalue weighted by Crippen LogP contribution is 2.22. The molecule has 8 heteroatoms. The molecular weight excluding hydrogens is 348 g/mol. The second kappa shape index (κ2) is 7.51. The monoisotopic (exact) mass is 374 g/mol. The van der Waals surface area contributed by atoms with Gasteiger partial charge < -0.3 is 0 Å². The zero-order valence-corrected chi connectivity index (χ0v) is 16.1. The molecule has 24 heavy (non-hydrogen) atoms. The maximum atomic E-state index is 12.7. The molecule has 0 amide bonds. The van der Waals surface area contributed by atoms with Crippen molar-refractivity contribution in [1.29, 1.82) is 0 Å². The van der Waals surface area contributed by atoms with Gasteiger partial charge in [-0.15, -0.1) is 0 Å². The number of benzene rings is 1. The summed E-state index contributed by atoms with van der Waals surface area (Å²) in [5, 5.41) is 0. The maximum Gasteiger partial charge on any atom is 0.243 e. The van der Waals surface area contributed by atoms with Crippen LogP contribution >= 0.6 is 0 Å². The van der Waals surface area contributed by atoms with E-state index in [2.05, 4.69) is 13.8 Å². The van der Waals surface area contributed by atoms with Gasteiger partial charge in [0.15, 0.2) is 0 Å². The van der Waals surface area contributed by atoms with E-state index in [1.54, 1.807) is 12.1 Å². The number of piperazine rings is 1. The first-order valence-electron chi connectivity index (χ1n) is 8.26. The lowest BCUT2D eigenvalue weighted by Crippen LogP contribution is -2.50. The molecule has 1 saturated heterocycles. The topological polar surface area (TPSA) is 74.8 Å². The molecule has 1 aliphatic rings. The number of sulfonamides is 2. The van der Waals surface area contributed by atoms with Crippen LogP contribution in [0.1, 0.15) is 38.7 Å². The summed E-state index contributed by atoms with van der Waals surface area (Å²) in [4.78, 5) is 0.261. The van der Waals surface area contributed by atoms with Crippen molar-refractivity contribution in [2.24, 2.45) is 0 Å². The van der Waals surface area contributed by atoms with Crippen molar-refractivity contribution < 1.29 is 16.8 Å². The normalized spacial score (nSPS) is 18.2. The quantitative estimate of drug-likeness (QED) is 0.762. The summed E-state index contributed by atoms with van der Waals surface area (Å²) < 4.78 is 52.3. The molecule has 136 valence electrons. The van der Waals surface area contributed by atoms with E-state index in [4.69, 9.17) is 0 Å². The van der Waals surface area contributed by atoms with Crippen molar-refractivity contribution in [2.75, 3.05) is 31.9 Å². The SMILES string of the molecule is CCCS(=O)(=O)N1CCN(S(=O)(=O)c2ccc(C(C)C)cc2)CC1. The van der Waals surface area contributed by atoms with Crippen molar-refractivity contribution in [1.82, 2.24) is 8.61 Å². The van der Waals surface area contributed by atoms with E-state index >= 15 is 0 Å². The van der Waals surface area contributed by atoms with Crippen molar-refractivity contribution in [2.45, 2.75) is 38.0 Å². The lowest BCUT2D eigenvalue weighted by Gasteiger charge is -2.33. The van der Waals surface area contributed by atoms with Gasteiger partial charge in [-0.2, -0.15) is 8.61 Å². The predicted octanol–water partition coefficient (Wildman–Crippen LogP) is 1.86. The first-order chi connectivity index (χ1) is 11.2. The predicted molar refractivity (Wildman–Crippen MR) is 94.9 cm³/mol. The first-order valence-corrected chi connectivity index (χ1v) is 11.3. The molecule has 0 unspecified atom stereocenters. The number of hydrogen-bond acceptors (Lipinski definition) is 4. The van der Waals surface area contributed by atoms with Crippen LogP contribution in [0.5, 0.6) is 0 Å². The molecule has 0 atom stereocenters. The average Bonchev–Trinajstić information content (AvgIpc) is 2.55. The smallest absolute Gasteiger partial charge is 0.212 e. The van der Waals surface area contributed by atoms with Crippen LogP contribution in [-0.2, 0) is 20.0 Å². The van der Waals surface area contributed by atoms with E-state index in [1.165, 1.54) is 8.61 Å². The van der Waals surface area contributed by atoms with Gasteiger partial charge >= 0.3 is 0 Å². The minimum Gasteiger partial charge on any atom is -0.212 e. The van der Waals surface area contributed by atoms with Crippen LogP contribution in [0.2, 0.25) is 0 Å². The molecule has 0 N–H and O–H groups in total. The highest BCUT2D eigenvalue weighted by atomic mass is 32.2. The highest BCUT2D eigenvalue weighted by Gasteiger charge is 2.32. The summed E-state index contributed by atoms with van der Waals surface area (Å²) >= 11 is 0. The Hall–Kier alpha value is -0.960. The Morgan fingerprint density at radius 1 is 0.917 bits per heavy atom. The van der Waals surface area contributed by atoms with Gasteiger partial charge in [-0.25, -0.2) is 16.8 Å². The van der Waals surface area contributed by atoms with Crippen molar-refractivity contribution in [3.8, 4) is 0 Å². The van der Waals surface area contributed by atoms with Crippen LogP contribution in [0.3, 0.4) is 0 Å². The summed E-state index contributed by atoms with van der Waals surface area (Å²) in [6.45, 7) is 6.74. The lowest BCUT2D eigenvalue weighted by atomic mass is 10.0. The Kier molecular flexibility index (Phi) is 6.06. The van der Waals surface area contributed by atoms with E-state index in [0.717, 1.165) is 5.56 Å². The third kappa shape index (κ3) is 4.17. The maximum absolute atomic E-state index is 12.7. The molecule has 2 rings (SSSR count). The zero-order valence-electron chi connectivity index (χ0n) is 14.5. The van der Waals surface area contributed by atoms with Gasteiger partial charge in [-0.05, 0) is 30.0 Å². The third-order valence-electron chi connectivity index (χ3n) is 4.24. The Labute approximate surface area is 145 Å². The summed E-state index contributed by atoms with van der Waals surface area (Å²) in [6.07, 6.45) is 0.559. The second-order valence-corrected chi connectivity index (χ2v) is 10.4. The molecule has 0 bridgehead atoms. The van der Waals surface area contributed by atoms with Crippen LogP contribution in [0, 0.1) is 0 Å². The van der Waals surface area contributed by atoms with Crippen LogP contribution in [0.25, 0.3) is 0 Å². The molecule has 0 spiro atoms. The fourth-order valence-corrected chi connectivity index (χ4v) is 5.67. The highest BCUT2D eigenvalue weighted by molar-refractivity contribution is 7.89. The van der Waals surface area contributed by atoms with E-state index < -0.39 is 20.0 Å². The van der Waals surface area contributed by atoms with Crippen molar-refractivity contribution in [3.05, 3.63) is 29.8 Å². The minimum atomic E-state index is -3.57. The lowest BCUT2D eigenvalue weighted by molar-refractivity contribution is 0.273. The summed E-state index contributed by atoms with van der Waals surface area (Å²) in [5.41, 5.74) is 1.09. The minimum absolute atomic E-state index is 0.108. The molecule has 1 aromatic rings. The van der Waals surface area contributed by atoms with Gasteiger partial charge in [0.2, 0.25) is 20.0 Å². The Balaban J connectivity index is 2.10. The second-order valence-electron chi connectivity index (χ2n) is 6.34. The summed E-state index contributed by atoms with van der Waals surface area (Å²) in [5.74, 6) is 0.449. The van der Waals surface area contributed by atoms with E-state index in [0.29, 0.717) is 12.3 Å². The number of hydrogen-bond donors (Lipinski definition) is 0. The zero-order chi connectivity index (χ0) is 18.0. The molecule has 1 aliphatic heterocycles. The summed E-state index contributed by atoms with van der Waals surface area (Å²) in [6, 6.07) is 6.93. The van der Waals surface area contributed by atoms with Gasteiger partial charge in [0, 0.05) is 26.2 Å². The van der Waals surface area contributed by atoms with E-state index in [1.807, 2.05) is 19.1 Å². The van der Waals surface area contributed by atoms with Crippen molar-refractivity contribution >= 4 is 20.0 Å². The molecule has 1 aromatic carbocycles. The average molecular weight is 375 g/mol. The van der Waals surface area contributed by atoms with Gasteiger partial charge in [0.25, 0.3) is 0 Å². The molecule has 6 nitrogen and oxygen atoms in total. The number of nitrogens with zero attached hydrogens (tertiary/aromatic N) is 2. The van der Waals surface area contributed by atoms with Crippen LogP contribution in [0.4, 0.5) is 0 Å². The fraction of sp³-hybridized carbons (Fsp3) is 0.625. The summed E-state index contributed by atoms with van der Waals surface area (Å²) in [7, 11) is -6.84. The van der Waals surface area contributed by atoms with Crippen LogP contribution < -0.4 is 0 Å². The molecular formula is C16H26N2O4S2. The third-order valence-corrected chi connectivity index (χ3v) is 8.23. The Bertz CT molecular complexity index is 748. The van der Waals surface area contributed by atoms with Gasteiger partial charge in [0.05, 0.1) is 10.6 Å². The molecule has 1 heterocycles. The molecule has 0 aliphatic carbocycles. The molecule has 0 aromatic heterocycles. The Morgan fingerprint density at radius 2 is 1.42 bits per heavy atom.